The Bertz CT molecular complexity index is 219. The minimum absolute atomic E-state index is 0.479. The van der Waals surface area contributed by atoms with E-state index in [2.05, 4.69) is 0 Å². The van der Waals surface area contributed by atoms with Crippen molar-refractivity contribution in [3.63, 3.8) is 0 Å². The Kier molecular flexibility index (Phi) is 7.05. The van der Waals surface area contributed by atoms with E-state index in [0.29, 0.717) is 0 Å². The molecule has 0 aliphatic rings. The number of hydrogen-bond donors (Lipinski definition) is 8. The molecule has 0 rings (SSSR count). The van der Waals surface area contributed by atoms with Gasteiger partial charge in [-0.25, -0.2) is 0 Å². The molecule has 0 radical (unpaired) electrons. The highest BCUT2D eigenvalue weighted by Crippen LogP contribution is 2.08. The van der Waals surface area contributed by atoms with E-state index in [1.54, 1.807) is 0 Å². The lowest BCUT2D eigenvalue weighted by molar-refractivity contribution is -0.0121. The van der Waals surface area contributed by atoms with Crippen molar-refractivity contribution in [1.29, 1.82) is 0 Å². The van der Waals surface area contributed by atoms with Gasteiger partial charge in [0.25, 0.3) is 0 Å². The summed E-state index contributed by atoms with van der Waals surface area (Å²) in [6.07, 6.45) is -3.88. The smallest absolute Gasteiger partial charge is 0.0893 e. The summed E-state index contributed by atoms with van der Waals surface area (Å²) in [7, 11) is 0. The average molecular weight is 252 g/mol. The van der Waals surface area contributed by atoms with Gasteiger partial charge in [0.1, 0.15) is 0 Å². The van der Waals surface area contributed by atoms with Crippen LogP contribution in [-0.4, -0.2) is 69.5 Å². The van der Waals surface area contributed by atoms with Crippen LogP contribution < -0.4 is 22.9 Å². The van der Waals surface area contributed by atoms with Crippen LogP contribution >= 0.6 is 0 Å². The zero-order valence-corrected chi connectivity index (χ0v) is 9.85. The van der Waals surface area contributed by atoms with Gasteiger partial charge in [-0.2, -0.15) is 0 Å². The van der Waals surface area contributed by atoms with Gasteiger partial charge >= 0.3 is 0 Å². The molecule has 7 unspecified atom stereocenters. The summed E-state index contributed by atoms with van der Waals surface area (Å²) >= 11 is 0. The van der Waals surface area contributed by atoms with Gasteiger partial charge in [-0.1, -0.05) is 0 Å². The lowest BCUT2D eigenvalue weighted by Crippen LogP contribution is -2.62. The number of aliphatic hydroxyl groups is 4. The molecule has 0 bridgehead atoms. The van der Waals surface area contributed by atoms with E-state index in [1.807, 2.05) is 0 Å². The Labute approximate surface area is 100 Å². The highest BCUT2D eigenvalue weighted by molar-refractivity contribution is 4.95. The zero-order chi connectivity index (χ0) is 13.7. The quantitative estimate of drug-likeness (QED) is 0.222. The highest BCUT2D eigenvalue weighted by Gasteiger charge is 2.35. The Hall–Kier alpha value is -0.320. The average Bonchev–Trinajstić information content (AvgIpc) is 2.32. The van der Waals surface area contributed by atoms with Crippen molar-refractivity contribution in [2.75, 3.05) is 6.61 Å². The van der Waals surface area contributed by atoms with Gasteiger partial charge in [0.05, 0.1) is 43.0 Å². The van der Waals surface area contributed by atoms with Crippen molar-refractivity contribution in [2.45, 2.75) is 49.4 Å². The largest absolute Gasteiger partial charge is 0.395 e. The lowest BCUT2D eigenvalue weighted by Gasteiger charge is -2.33. The number of rotatable bonds is 7. The maximum absolute atomic E-state index is 9.76. The van der Waals surface area contributed by atoms with Gasteiger partial charge in [0, 0.05) is 6.04 Å². The number of aliphatic hydroxyl groups excluding tert-OH is 4. The molecule has 0 aromatic rings. The molecule has 17 heavy (non-hydrogen) atoms. The first kappa shape index (κ1) is 16.7. The molecule has 0 heterocycles. The van der Waals surface area contributed by atoms with Crippen LogP contribution in [0.4, 0.5) is 0 Å². The number of nitrogens with two attached hydrogens (primary N) is 4. The van der Waals surface area contributed by atoms with Crippen molar-refractivity contribution < 1.29 is 20.4 Å². The van der Waals surface area contributed by atoms with Gasteiger partial charge < -0.3 is 43.4 Å². The molecular formula is C9H24N4O4. The van der Waals surface area contributed by atoms with Gasteiger partial charge in [-0.05, 0) is 6.92 Å². The molecule has 7 atom stereocenters. The minimum Gasteiger partial charge on any atom is -0.395 e. The Balaban J connectivity index is 4.53. The maximum atomic E-state index is 9.76. The summed E-state index contributed by atoms with van der Waals surface area (Å²) in [5, 5.41) is 37.7. The van der Waals surface area contributed by atoms with E-state index in [4.69, 9.17) is 28.0 Å². The van der Waals surface area contributed by atoms with Crippen molar-refractivity contribution in [3.05, 3.63) is 0 Å². The molecule has 0 amide bonds. The maximum Gasteiger partial charge on any atom is 0.0893 e. The first-order chi connectivity index (χ1) is 7.73. The summed E-state index contributed by atoms with van der Waals surface area (Å²) in [5.41, 5.74) is 21.9. The molecule has 8 heteroatoms. The summed E-state index contributed by atoms with van der Waals surface area (Å²) in [4.78, 5) is 0. The summed E-state index contributed by atoms with van der Waals surface area (Å²) < 4.78 is 0. The van der Waals surface area contributed by atoms with E-state index in [1.165, 1.54) is 6.92 Å². The molecule has 12 N–H and O–H groups in total. The van der Waals surface area contributed by atoms with Crippen molar-refractivity contribution >= 4 is 0 Å². The van der Waals surface area contributed by atoms with Gasteiger partial charge in [-0.3, -0.25) is 0 Å². The van der Waals surface area contributed by atoms with Crippen LogP contribution in [0.1, 0.15) is 6.92 Å². The topological polar surface area (TPSA) is 185 Å². The summed E-state index contributed by atoms with van der Waals surface area (Å²) in [6.45, 7) is 1.05. The second-order valence-corrected chi connectivity index (χ2v) is 4.33. The molecule has 0 spiro atoms. The van der Waals surface area contributed by atoms with Crippen molar-refractivity contribution in [1.82, 2.24) is 0 Å². The van der Waals surface area contributed by atoms with Crippen LogP contribution in [0.2, 0.25) is 0 Å². The van der Waals surface area contributed by atoms with Crippen LogP contribution in [0.25, 0.3) is 0 Å². The molecule has 104 valence electrons. The SMILES string of the molecule is CC(N)C(O)C(N)C(O)C(N)C(O)C(N)CO. The molecule has 0 fully saturated rings. The number of hydrogen-bond acceptors (Lipinski definition) is 8. The third-order valence-corrected chi connectivity index (χ3v) is 2.77. The normalized spacial score (nSPS) is 24.5. The molecule has 0 saturated carbocycles. The summed E-state index contributed by atoms with van der Waals surface area (Å²) in [5.74, 6) is 0. The second kappa shape index (κ2) is 7.19. The van der Waals surface area contributed by atoms with E-state index >= 15 is 0 Å². The Morgan fingerprint density at radius 3 is 1.59 bits per heavy atom. The molecule has 0 aliphatic carbocycles. The molecular weight excluding hydrogens is 228 g/mol. The van der Waals surface area contributed by atoms with Crippen LogP contribution in [-0.2, 0) is 0 Å². The Morgan fingerprint density at radius 1 is 0.824 bits per heavy atom. The molecule has 0 saturated heterocycles. The fourth-order valence-corrected chi connectivity index (χ4v) is 1.40. The first-order valence-electron chi connectivity index (χ1n) is 5.41. The Morgan fingerprint density at radius 2 is 1.24 bits per heavy atom. The van der Waals surface area contributed by atoms with E-state index in [-0.39, 0.29) is 0 Å². The van der Waals surface area contributed by atoms with Crippen molar-refractivity contribution in [2.24, 2.45) is 22.9 Å². The third kappa shape index (κ3) is 4.45. The fourth-order valence-electron chi connectivity index (χ4n) is 1.40. The zero-order valence-electron chi connectivity index (χ0n) is 9.85. The van der Waals surface area contributed by atoms with Crippen LogP contribution in [0.5, 0.6) is 0 Å². The van der Waals surface area contributed by atoms with E-state index in [9.17, 15) is 15.3 Å². The molecule has 0 aromatic carbocycles. The fraction of sp³-hybridized carbons (Fsp3) is 1.00. The minimum atomic E-state index is -1.39. The van der Waals surface area contributed by atoms with E-state index < -0.39 is 49.1 Å². The predicted molar refractivity (Wildman–Crippen MR) is 62.7 cm³/mol. The highest BCUT2D eigenvalue weighted by atomic mass is 16.3. The van der Waals surface area contributed by atoms with Crippen LogP contribution in [0.3, 0.4) is 0 Å². The second-order valence-electron chi connectivity index (χ2n) is 4.33. The predicted octanol–water partition coefficient (Wildman–Crippen LogP) is -4.61. The molecule has 0 aromatic heterocycles. The van der Waals surface area contributed by atoms with Gasteiger partial charge in [0.2, 0.25) is 0 Å². The molecule has 0 aliphatic heterocycles. The van der Waals surface area contributed by atoms with Gasteiger partial charge in [0.15, 0.2) is 0 Å². The van der Waals surface area contributed by atoms with Crippen molar-refractivity contribution in [3.8, 4) is 0 Å². The lowest BCUT2D eigenvalue weighted by atomic mass is 9.91. The van der Waals surface area contributed by atoms with E-state index in [0.717, 1.165) is 0 Å². The third-order valence-electron chi connectivity index (χ3n) is 2.77. The monoisotopic (exact) mass is 252 g/mol. The van der Waals surface area contributed by atoms with Crippen LogP contribution in [0, 0.1) is 0 Å². The van der Waals surface area contributed by atoms with Gasteiger partial charge in [-0.15, -0.1) is 0 Å². The molecule has 8 nitrogen and oxygen atoms in total. The van der Waals surface area contributed by atoms with Crippen LogP contribution in [0.15, 0.2) is 0 Å². The first-order valence-corrected chi connectivity index (χ1v) is 5.41. The standard InChI is InChI=1S/C9H24N4O4/c1-3(10)7(15)5(12)9(17)6(13)8(16)4(11)2-14/h3-9,14-17H,2,10-13H2,1H3. The summed E-state index contributed by atoms with van der Waals surface area (Å²) in [6, 6.07) is -3.92.